The Hall–Kier alpha value is -1.85. The quantitative estimate of drug-likeness (QED) is 0.441. The van der Waals surface area contributed by atoms with Crippen LogP contribution in [0.2, 0.25) is 0 Å². The van der Waals surface area contributed by atoms with Gasteiger partial charge in [0.2, 0.25) is 5.78 Å². The minimum Gasteiger partial charge on any atom is -0.287 e. The van der Waals surface area contributed by atoms with Gasteiger partial charge in [0.25, 0.3) is 5.69 Å². The van der Waals surface area contributed by atoms with Crippen LogP contribution in [0.4, 0.5) is 14.5 Å². The van der Waals surface area contributed by atoms with E-state index in [1.165, 1.54) is 19.1 Å². The molecule has 0 unspecified atom stereocenters. The maximum absolute atomic E-state index is 12.2. The summed E-state index contributed by atoms with van der Waals surface area (Å²) in [6, 6.07) is 3.75. The Morgan fingerprint density at radius 3 is 2.53 bits per heavy atom. The first kappa shape index (κ1) is 11.2. The molecule has 0 fully saturated rings. The fourth-order valence-corrected chi connectivity index (χ4v) is 1.23. The number of ketones is 1. The van der Waals surface area contributed by atoms with Gasteiger partial charge in [0.1, 0.15) is 5.56 Å². The van der Waals surface area contributed by atoms with Crippen molar-refractivity contribution < 1.29 is 18.5 Å². The van der Waals surface area contributed by atoms with E-state index in [0.29, 0.717) is 0 Å². The third-order valence-electron chi connectivity index (χ3n) is 1.89. The van der Waals surface area contributed by atoms with Gasteiger partial charge in [-0.25, -0.2) is 8.78 Å². The van der Waals surface area contributed by atoms with Crippen LogP contribution in [0.15, 0.2) is 18.2 Å². The van der Waals surface area contributed by atoms with E-state index in [4.69, 9.17) is 0 Å². The molecule has 0 atom stereocenters. The third kappa shape index (κ3) is 2.15. The van der Waals surface area contributed by atoms with Crippen LogP contribution in [-0.4, -0.2) is 17.1 Å². The van der Waals surface area contributed by atoms with E-state index < -0.39 is 28.4 Å². The second kappa shape index (κ2) is 4.12. The van der Waals surface area contributed by atoms with Gasteiger partial charge in [-0.2, -0.15) is 0 Å². The third-order valence-corrected chi connectivity index (χ3v) is 1.89. The lowest BCUT2D eigenvalue weighted by Crippen LogP contribution is -2.14. The molecule has 1 aromatic rings. The van der Waals surface area contributed by atoms with Gasteiger partial charge in [-0.05, 0) is 12.5 Å². The normalized spacial score (nSPS) is 10.4. The summed E-state index contributed by atoms with van der Waals surface area (Å²) < 4.78 is 24.3. The molecule has 0 aliphatic heterocycles. The van der Waals surface area contributed by atoms with E-state index >= 15 is 0 Å². The fraction of sp³-hybridized carbons (Fsp3) is 0.222. The second-order valence-electron chi connectivity index (χ2n) is 2.89. The molecule has 0 radical (unpaired) electrons. The zero-order valence-electron chi connectivity index (χ0n) is 7.74. The van der Waals surface area contributed by atoms with E-state index in [1.54, 1.807) is 0 Å². The lowest BCUT2D eigenvalue weighted by atomic mass is 10.0. The molecule has 0 amide bonds. The summed E-state index contributed by atoms with van der Waals surface area (Å²) in [4.78, 5) is 20.7. The first-order valence-corrected chi connectivity index (χ1v) is 4.01. The number of carbonyl (C=O) groups is 1. The monoisotopic (exact) mass is 215 g/mol. The predicted octanol–water partition coefficient (Wildman–Crippen LogP) is 2.35. The predicted molar refractivity (Wildman–Crippen MR) is 48.2 cm³/mol. The molecule has 0 saturated carbocycles. The molecule has 0 aromatic heterocycles. The summed E-state index contributed by atoms with van der Waals surface area (Å²) in [5.41, 5.74) is -0.924. The van der Waals surface area contributed by atoms with Gasteiger partial charge in [-0.15, -0.1) is 0 Å². The van der Waals surface area contributed by atoms with Crippen molar-refractivity contribution in [2.75, 3.05) is 0 Å². The first-order valence-electron chi connectivity index (χ1n) is 4.01. The van der Waals surface area contributed by atoms with Crippen LogP contribution in [0, 0.1) is 17.0 Å². The van der Waals surface area contributed by atoms with Crippen LogP contribution >= 0.6 is 0 Å². The Morgan fingerprint density at radius 2 is 2.07 bits per heavy atom. The van der Waals surface area contributed by atoms with Crippen molar-refractivity contribution in [1.29, 1.82) is 0 Å². The number of nitrogens with zero attached hydrogens (tertiary/aromatic N) is 1. The molecule has 0 saturated heterocycles. The number of carbonyl (C=O) groups excluding carboxylic acids is 1. The number of nitro benzene ring substituents is 1. The van der Waals surface area contributed by atoms with Gasteiger partial charge in [0.05, 0.1) is 4.92 Å². The standard InChI is InChI=1S/C9H7F2NO3/c1-5-3-2-4-6(12(14)15)7(5)8(13)9(10)11/h2-4,9H,1H3. The Balaban J connectivity index is 3.37. The summed E-state index contributed by atoms with van der Waals surface area (Å²) in [5.74, 6) is -1.51. The average molecular weight is 215 g/mol. The van der Waals surface area contributed by atoms with Crippen LogP contribution in [-0.2, 0) is 0 Å². The molecule has 0 N–H and O–H groups in total. The zero-order valence-corrected chi connectivity index (χ0v) is 7.74. The van der Waals surface area contributed by atoms with E-state index in [9.17, 15) is 23.7 Å². The number of aryl methyl sites for hydroxylation is 1. The molecule has 4 nitrogen and oxygen atoms in total. The zero-order chi connectivity index (χ0) is 11.6. The summed E-state index contributed by atoms with van der Waals surface area (Å²) in [6.45, 7) is 1.38. The van der Waals surface area contributed by atoms with Crippen LogP contribution in [0.5, 0.6) is 0 Å². The van der Waals surface area contributed by atoms with E-state index in [-0.39, 0.29) is 5.56 Å². The van der Waals surface area contributed by atoms with E-state index in [0.717, 1.165) is 6.07 Å². The van der Waals surface area contributed by atoms with Crippen molar-refractivity contribution in [2.45, 2.75) is 13.3 Å². The molecule has 0 aliphatic carbocycles. The summed E-state index contributed by atoms with van der Waals surface area (Å²) in [7, 11) is 0. The number of alkyl halides is 2. The maximum atomic E-state index is 12.2. The highest BCUT2D eigenvalue weighted by atomic mass is 19.3. The maximum Gasteiger partial charge on any atom is 0.300 e. The van der Waals surface area contributed by atoms with Crippen LogP contribution in [0.25, 0.3) is 0 Å². The van der Waals surface area contributed by atoms with Crippen LogP contribution in [0.1, 0.15) is 15.9 Å². The molecule has 0 heterocycles. The van der Waals surface area contributed by atoms with Crippen molar-refractivity contribution >= 4 is 11.5 Å². The molecule has 6 heteroatoms. The number of halogens is 2. The minimum absolute atomic E-state index is 0.175. The van der Waals surface area contributed by atoms with E-state index in [1.807, 2.05) is 0 Å². The summed E-state index contributed by atoms with van der Waals surface area (Å²) >= 11 is 0. The number of hydrogen-bond acceptors (Lipinski definition) is 3. The van der Waals surface area contributed by atoms with Gasteiger partial charge in [-0.1, -0.05) is 12.1 Å². The lowest BCUT2D eigenvalue weighted by molar-refractivity contribution is -0.385. The molecular weight excluding hydrogens is 208 g/mol. The number of nitro groups is 1. The van der Waals surface area contributed by atoms with Crippen LogP contribution < -0.4 is 0 Å². The van der Waals surface area contributed by atoms with Gasteiger partial charge in [0.15, 0.2) is 0 Å². The van der Waals surface area contributed by atoms with E-state index in [2.05, 4.69) is 0 Å². The number of hydrogen-bond donors (Lipinski definition) is 0. The molecule has 80 valence electrons. The van der Waals surface area contributed by atoms with Crippen molar-refractivity contribution in [3.8, 4) is 0 Å². The Morgan fingerprint density at radius 1 is 1.47 bits per heavy atom. The minimum atomic E-state index is -3.23. The molecule has 1 rings (SSSR count). The SMILES string of the molecule is Cc1cccc([N+](=O)[O-])c1C(=O)C(F)F. The van der Waals surface area contributed by atoms with Gasteiger partial charge in [0, 0.05) is 6.07 Å². The topological polar surface area (TPSA) is 60.2 Å². The summed E-state index contributed by atoms with van der Waals surface area (Å²) in [5, 5.41) is 10.5. The first-order chi connectivity index (χ1) is 6.95. The summed E-state index contributed by atoms with van der Waals surface area (Å²) in [6.07, 6.45) is -3.23. The van der Waals surface area contributed by atoms with Gasteiger partial charge in [-0.3, -0.25) is 14.9 Å². The molecule has 1 aromatic carbocycles. The van der Waals surface area contributed by atoms with Crippen molar-refractivity contribution in [3.05, 3.63) is 39.4 Å². The highest BCUT2D eigenvalue weighted by molar-refractivity contribution is 6.03. The molecular formula is C9H7F2NO3. The molecule has 0 aliphatic rings. The largest absolute Gasteiger partial charge is 0.300 e. The van der Waals surface area contributed by atoms with Crippen LogP contribution in [0.3, 0.4) is 0 Å². The number of benzene rings is 1. The van der Waals surface area contributed by atoms with Gasteiger partial charge >= 0.3 is 6.43 Å². The highest BCUT2D eigenvalue weighted by Gasteiger charge is 2.27. The molecule has 0 bridgehead atoms. The number of Topliss-reactive ketones (excluding diaryl/α,β-unsaturated/α-hetero) is 1. The second-order valence-corrected chi connectivity index (χ2v) is 2.89. The van der Waals surface area contributed by atoms with Gasteiger partial charge < -0.3 is 0 Å². The van der Waals surface area contributed by atoms with Crippen molar-refractivity contribution in [2.24, 2.45) is 0 Å². The highest BCUT2D eigenvalue weighted by Crippen LogP contribution is 2.24. The Kier molecular flexibility index (Phi) is 3.08. The Bertz CT molecular complexity index is 418. The fourth-order valence-electron chi connectivity index (χ4n) is 1.23. The smallest absolute Gasteiger partial charge is 0.287 e. The Labute approximate surface area is 83.7 Å². The van der Waals surface area contributed by atoms with Crippen molar-refractivity contribution in [1.82, 2.24) is 0 Å². The lowest BCUT2D eigenvalue weighted by Gasteiger charge is -2.04. The van der Waals surface area contributed by atoms with Crippen molar-refractivity contribution in [3.63, 3.8) is 0 Å². The molecule has 0 spiro atoms. The number of rotatable bonds is 3. The molecule has 15 heavy (non-hydrogen) atoms. The average Bonchev–Trinajstić information content (AvgIpc) is 2.16.